The molecular weight excluding hydrogens is 276 g/mol. The predicted octanol–water partition coefficient (Wildman–Crippen LogP) is 3.29. The molecular formula is C15H17F2N3O. The van der Waals surface area contributed by atoms with Gasteiger partial charge < -0.3 is 14.6 Å². The standard InChI is InChI=1S/C15H17F2N3O/c16-15(17)21-12-6-4-11(5-7-12)20-10-18-9-14(20)13-3-1-2-8-19-13/h4-7,9-10,13,15,19H,1-3,8H2. The van der Waals surface area contributed by atoms with Crippen molar-refractivity contribution in [1.82, 2.24) is 14.9 Å². The fraction of sp³-hybridized carbons (Fsp3) is 0.400. The lowest BCUT2D eigenvalue weighted by atomic mass is 10.0. The zero-order valence-corrected chi connectivity index (χ0v) is 11.5. The van der Waals surface area contributed by atoms with Crippen LogP contribution in [0.5, 0.6) is 5.75 Å². The van der Waals surface area contributed by atoms with Crippen molar-refractivity contribution in [1.29, 1.82) is 0 Å². The molecule has 21 heavy (non-hydrogen) atoms. The monoisotopic (exact) mass is 293 g/mol. The van der Waals surface area contributed by atoms with E-state index in [1.807, 2.05) is 10.8 Å². The molecule has 1 saturated heterocycles. The number of ether oxygens (including phenoxy) is 1. The molecule has 1 unspecified atom stereocenters. The van der Waals surface area contributed by atoms with Gasteiger partial charge in [0, 0.05) is 11.7 Å². The van der Waals surface area contributed by atoms with Crippen LogP contribution in [0.2, 0.25) is 0 Å². The van der Waals surface area contributed by atoms with Crippen LogP contribution in [0, 0.1) is 0 Å². The van der Waals surface area contributed by atoms with Gasteiger partial charge in [-0.25, -0.2) is 4.98 Å². The van der Waals surface area contributed by atoms with Crippen molar-refractivity contribution in [2.75, 3.05) is 6.54 Å². The first kappa shape index (κ1) is 14.0. The molecule has 1 fully saturated rings. The van der Waals surface area contributed by atoms with E-state index in [1.165, 1.54) is 12.8 Å². The molecule has 3 rings (SSSR count). The fourth-order valence-electron chi connectivity index (χ4n) is 2.67. The Kier molecular flexibility index (Phi) is 4.15. The summed E-state index contributed by atoms with van der Waals surface area (Å²) < 4.78 is 30.7. The van der Waals surface area contributed by atoms with Crippen LogP contribution in [-0.2, 0) is 0 Å². The van der Waals surface area contributed by atoms with Gasteiger partial charge in [-0.15, -0.1) is 0 Å². The summed E-state index contributed by atoms with van der Waals surface area (Å²) in [6, 6.07) is 6.88. The second kappa shape index (κ2) is 6.22. The lowest BCUT2D eigenvalue weighted by molar-refractivity contribution is -0.0498. The molecule has 2 aromatic rings. The Bertz CT molecular complexity index is 577. The van der Waals surface area contributed by atoms with Gasteiger partial charge in [0.2, 0.25) is 0 Å². The van der Waals surface area contributed by atoms with E-state index in [2.05, 4.69) is 15.0 Å². The first-order valence-electron chi connectivity index (χ1n) is 7.05. The summed E-state index contributed by atoms with van der Waals surface area (Å²) in [5.74, 6) is 0.159. The molecule has 0 radical (unpaired) electrons. The Morgan fingerprint density at radius 3 is 2.71 bits per heavy atom. The number of aromatic nitrogens is 2. The van der Waals surface area contributed by atoms with Gasteiger partial charge in [0.1, 0.15) is 5.75 Å². The van der Waals surface area contributed by atoms with Crippen LogP contribution in [0.1, 0.15) is 31.0 Å². The van der Waals surface area contributed by atoms with E-state index < -0.39 is 6.61 Å². The third-order valence-corrected chi connectivity index (χ3v) is 3.67. The van der Waals surface area contributed by atoms with Gasteiger partial charge in [0.05, 0.1) is 18.2 Å². The van der Waals surface area contributed by atoms with Crippen molar-refractivity contribution in [3.05, 3.63) is 42.5 Å². The highest BCUT2D eigenvalue weighted by Crippen LogP contribution is 2.26. The maximum absolute atomic E-state index is 12.2. The smallest absolute Gasteiger partial charge is 0.387 e. The Balaban J connectivity index is 1.82. The molecule has 1 aliphatic rings. The number of imidazole rings is 1. The summed E-state index contributed by atoms with van der Waals surface area (Å²) in [5, 5.41) is 3.48. The Hall–Kier alpha value is -1.95. The Morgan fingerprint density at radius 2 is 2.05 bits per heavy atom. The maximum Gasteiger partial charge on any atom is 0.387 e. The molecule has 1 N–H and O–H groups in total. The summed E-state index contributed by atoms with van der Waals surface area (Å²) >= 11 is 0. The normalized spacial score (nSPS) is 18.9. The first-order chi connectivity index (χ1) is 10.2. The molecule has 0 bridgehead atoms. The van der Waals surface area contributed by atoms with Gasteiger partial charge >= 0.3 is 6.61 Å². The van der Waals surface area contributed by atoms with E-state index in [-0.39, 0.29) is 5.75 Å². The summed E-state index contributed by atoms with van der Waals surface area (Å²) in [7, 11) is 0. The number of nitrogens with zero attached hydrogens (tertiary/aromatic N) is 2. The van der Waals surface area contributed by atoms with Crippen LogP contribution in [0.3, 0.4) is 0 Å². The van der Waals surface area contributed by atoms with Crippen LogP contribution < -0.4 is 10.1 Å². The molecule has 0 saturated carbocycles. The van der Waals surface area contributed by atoms with Crippen LogP contribution in [-0.4, -0.2) is 22.7 Å². The minimum atomic E-state index is -2.80. The number of hydrogen-bond donors (Lipinski definition) is 1. The quantitative estimate of drug-likeness (QED) is 0.940. The average molecular weight is 293 g/mol. The largest absolute Gasteiger partial charge is 0.435 e. The van der Waals surface area contributed by atoms with Gasteiger partial charge in [0.25, 0.3) is 0 Å². The molecule has 4 nitrogen and oxygen atoms in total. The van der Waals surface area contributed by atoms with Crippen LogP contribution in [0.4, 0.5) is 8.78 Å². The molecule has 0 amide bonds. The summed E-state index contributed by atoms with van der Waals surface area (Å²) in [5.41, 5.74) is 1.98. The maximum atomic E-state index is 12.2. The molecule has 1 aliphatic heterocycles. The number of nitrogens with one attached hydrogen (secondary N) is 1. The molecule has 0 spiro atoms. The third-order valence-electron chi connectivity index (χ3n) is 3.67. The zero-order valence-electron chi connectivity index (χ0n) is 11.5. The van der Waals surface area contributed by atoms with E-state index in [1.54, 1.807) is 30.6 Å². The minimum Gasteiger partial charge on any atom is -0.435 e. The second-order valence-corrected chi connectivity index (χ2v) is 5.06. The summed E-state index contributed by atoms with van der Waals surface area (Å²) in [4.78, 5) is 4.22. The van der Waals surface area contributed by atoms with E-state index in [0.29, 0.717) is 6.04 Å². The highest BCUT2D eigenvalue weighted by Gasteiger charge is 2.19. The van der Waals surface area contributed by atoms with Crippen LogP contribution in [0.15, 0.2) is 36.8 Å². The molecule has 1 aromatic carbocycles. The molecule has 6 heteroatoms. The highest BCUT2D eigenvalue weighted by atomic mass is 19.3. The predicted molar refractivity (Wildman–Crippen MR) is 74.8 cm³/mol. The Morgan fingerprint density at radius 1 is 1.24 bits per heavy atom. The fourth-order valence-corrected chi connectivity index (χ4v) is 2.67. The molecule has 1 atom stereocenters. The highest BCUT2D eigenvalue weighted by molar-refractivity contribution is 5.39. The van der Waals surface area contributed by atoms with Gasteiger partial charge in [-0.3, -0.25) is 0 Å². The summed E-state index contributed by atoms with van der Waals surface area (Å²) in [6.07, 6.45) is 7.08. The van der Waals surface area contributed by atoms with Gasteiger partial charge in [-0.1, -0.05) is 6.42 Å². The van der Waals surface area contributed by atoms with Crippen molar-refractivity contribution >= 4 is 0 Å². The third kappa shape index (κ3) is 3.21. The van der Waals surface area contributed by atoms with Crippen molar-refractivity contribution < 1.29 is 13.5 Å². The number of benzene rings is 1. The number of halogens is 2. The average Bonchev–Trinajstić information content (AvgIpc) is 2.98. The second-order valence-electron chi connectivity index (χ2n) is 5.06. The lowest BCUT2D eigenvalue weighted by Crippen LogP contribution is -2.28. The van der Waals surface area contributed by atoms with Gasteiger partial charge in [-0.2, -0.15) is 8.78 Å². The molecule has 1 aromatic heterocycles. The van der Waals surface area contributed by atoms with Gasteiger partial charge in [-0.05, 0) is 43.7 Å². The number of alkyl halides is 2. The number of rotatable bonds is 4. The van der Waals surface area contributed by atoms with Crippen LogP contribution >= 0.6 is 0 Å². The van der Waals surface area contributed by atoms with E-state index in [0.717, 1.165) is 24.3 Å². The zero-order chi connectivity index (χ0) is 14.7. The van der Waals surface area contributed by atoms with Crippen molar-refractivity contribution in [3.8, 4) is 11.4 Å². The van der Waals surface area contributed by atoms with Crippen molar-refractivity contribution in [3.63, 3.8) is 0 Å². The topological polar surface area (TPSA) is 39.1 Å². The van der Waals surface area contributed by atoms with E-state index >= 15 is 0 Å². The lowest BCUT2D eigenvalue weighted by Gasteiger charge is -2.24. The van der Waals surface area contributed by atoms with Gasteiger partial charge in [0.15, 0.2) is 0 Å². The van der Waals surface area contributed by atoms with E-state index in [9.17, 15) is 8.78 Å². The molecule has 2 heterocycles. The van der Waals surface area contributed by atoms with Crippen molar-refractivity contribution in [2.45, 2.75) is 31.9 Å². The van der Waals surface area contributed by atoms with Crippen LogP contribution in [0.25, 0.3) is 5.69 Å². The Labute approximate surface area is 121 Å². The summed E-state index contributed by atoms with van der Waals surface area (Å²) in [6.45, 7) is -1.79. The number of hydrogen-bond acceptors (Lipinski definition) is 3. The first-order valence-corrected chi connectivity index (χ1v) is 7.05. The minimum absolute atomic E-state index is 0.159. The van der Waals surface area contributed by atoms with Crippen molar-refractivity contribution in [2.24, 2.45) is 0 Å². The molecule has 112 valence electrons. The SMILES string of the molecule is FC(F)Oc1ccc(-n2cncc2C2CCCCN2)cc1. The molecule has 0 aliphatic carbocycles. The number of piperidine rings is 1. The van der Waals surface area contributed by atoms with E-state index in [4.69, 9.17) is 0 Å².